The first-order chi connectivity index (χ1) is 7.53. The third-order valence-corrected chi connectivity index (χ3v) is 12.5. The van der Waals surface area contributed by atoms with Crippen LogP contribution in [0.1, 0.15) is 27.2 Å². The first-order valence-corrected chi connectivity index (χ1v) is 12.3. The second-order valence-corrected chi connectivity index (χ2v) is 15.0. The van der Waals surface area contributed by atoms with Crippen LogP contribution in [0, 0.1) is 0 Å². The molecule has 0 heterocycles. The van der Waals surface area contributed by atoms with Crippen molar-refractivity contribution in [3.05, 3.63) is 0 Å². The van der Waals surface area contributed by atoms with E-state index in [0.29, 0.717) is 5.54 Å². The Balaban J connectivity index is 4.93. The van der Waals surface area contributed by atoms with Crippen molar-refractivity contribution in [2.45, 2.75) is 64.6 Å². The molecular weight excluding hydrogens is 246 g/mol. The summed E-state index contributed by atoms with van der Waals surface area (Å²) in [6.07, 6.45) is 0.930. The molecule has 4 N–H and O–H groups in total. The van der Waals surface area contributed by atoms with E-state index in [1.165, 1.54) is 0 Å². The molecule has 0 aromatic carbocycles. The molecule has 4 nitrogen and oxygen atoms in total. The highest BCUT2D eigenvalue weighted by atomic mass is 28.4. The van der Waals surface area contributed by atoms with Gasteiger partial charge in [-0.2, -0.15) is 0 Å². The average Bonchev–Trinajstić information content (AvgIpc) is 2.11. The predicted octanol–water partition coefficient (Wildman–Crippen LogP) is 2.41. The Morgan fingerprint density at radius 1 is 1.12 bits per heavy atom. The third kappa shape index (κ3) is 5.22. The van der Waals surface area contributed by atoms with Crippen LogP contribution in [0.25, 0.3) is 0 Å². The Kier molecular flexibility index (Phi) is 5.90. The van der Waals surface area contributed by atoms with Crippen LogP contribution in [0.15, 0.2) is 4.99 Å². The summed E-state index contributed by atoms with van der Waals surface area (Å²) in [7, 11) is -3.51. The van der Waals surface area contributed by atoms with E-state index in [1.54, 1.807) is 0 Å². The molecule has 0 aromatic rings. The topological polar surface area (TPSA) is 73.6 Å². The van der Waals surface area contributed by atoms with E-state index in [9.17, 15) is 0 Å². The Labute approximate surface area is 108 Å². The summed E-state index contributed by atoms with van der Waals surface area (Å²) in [4.78, 5) is 4.34. The van der Waals surface area contributed by atoms with E-state index in [-0.39, 0.29) is 11.6 Å². The van der Waals surface area contributed by atoms with Crippen molar-refractivity contribution in [3.63, 3.8) is 0 Å². The maximum absolute atomic E-state index is 6.50. The molecule has 0 amide bonds. The Morgan fingerprint density at radius 3 is 1.88 bits per heavy atom. The zero-order chi connectivity index (χ0) is 13.9. The first kappa shape index (κ1) is 16.7. The Hall–Kier alpha value is -0.336. The maximum Gasteiger partial charge on any atom is 0.198 e. The van der Waals surface area contributed by atoms with Gasteiger partial charge in [-0.3, -0.25) is 4.99 Å². The van der Waals surface area contributed by atoms with Gasteiger partial charge in [-0.25, -0.2) is 0 Å². The van der Waals surface area contributed by atoms with E-state index in [1.807, 2.05) is 0 Å². The molecule has 0 radical (unpaired) electrons. The lowest BCUT2D eigenvalue weighted by Gasteiger charge is -2.39. The van der Waals surface area contributed by atoms with Gasteiger partial charge in [0.15, 0.2) is 22.6 Å². The Morgan fingerprint density at radius 2 is 1.59 bits per heavy atom. The summed E-state index contributed by atoms with van der Waals surface area (Å²) >= 11 is 0. The fourth-order valence-electron chi connectivity index (χ4n) is 1.78. The second kappa shape index (κ2) is 6.01. The van der Waals surface area contributed by atoms with Gasteiger partial charge in [0.2, 0.25) is 0 Å². The van der Waals surface area contributed by atoms with Crippen LogP contribution in [0.4, 0.5) is 0 Å². The van der Waals surface area contributed by atoms with Gasteiger partial charge >= 0.3 is 0 Å². The van der Waals surface area contributed by atoms with Gasteiger partial charge in [0.25, 0.3) is 0 Å². The van der Waals surface area contributed by atoms with Gasteiger partial charge in [-0.1, -0.05) is 20.8 Å². The van der Waals surface area contributed by atoms with Crippen LogP contribution in [0.2, 0.25) is 31.7 Å². The normalized spacial score (nSPS) is 14.8. The van der Waals surface area contributed by atoms with Crippen LogP contribution in [0.3, 0.4) is 0 Å². The van der Waals surface area contributed by atoms with Gasteiger partial charge in [0, 0.05) is 0 Å². The maximum atomic E-state index is 6.50. The molecule has 0 aliphatic rings. The summed E-state index contributed by atoms with van der Waals surface area (Å²) in [6, 6.07) is 0. The van der Waals surface area contributed by atoms with Crippen molar-refractivity contribution < 1.29 is 4.12 Å². The van der Waals surface area contributed by atoms with Crippen molar-refractivity contribution in [2.75, 3.05) is 0 Å². The van der Waals surface area contributed by atoms with Crippen LogP contribution < -0.4 is 11.5 Å². The molecule has 0 aromatic heterocycles. The number of aliphatic imine (C=N–C) groups is 1. The zero-order valence-electron chi connectivity index (χ0n) is 12.4. The quantitative estimate of drug-likeness (QED) is 0.444. The smallest absolute Gasteiger partial charge is 0.198 e. The van der Waals surface area contributed by atoms with Gasteiger partial charge in [-0.05, 0) is 38.2 Å². The van der Waals surface area contributed by atoms with Gasteiger partial charge in [0.05, 0.1) is 5.67 Å². The van der Waals surface area contributed by atoms with E-state index in [2.05, 4.69) is 52.0 Å². The molecule has 0 aliphatic carbocycles. The first-order valence-electron chi connectivity index (χ1n) is 6.31. The van der Waals surface area contributed by atoms with Crippen LogP contribution >= 0.6 is 0 Å². The van der Waals surface area contributed by atoms with Gasteiger partial charge < -0.3 is 15.6 Å². The fraction of sp³-hybridized carbons (Fsp3) is 0.909. The molecule has 0 spiro atoms. The molecule has 0 saturated heterocycles. The van der Waals surface area contributed by atoms with Gasteiger partial charge in [-0.15, -0.1) is 0 Å². The van der Waals surface area contributed by atoms with E-state index < -0.39 is 16.6 Å². The van der Waals surface area contributed by atoms with Crippen LogP contribution in [0.5, 0.6) is 0 Å². The number of rotatable bonds is 6. The zero-order valence-corrected chi connectivity index (χ0v) is 14.4. The second-order valence-electron chi connectivity index (χ2n) is 5.94. The average molecular weight is 276 g/mol. The molecule has 0 rings (SSSR count). The number of nitrogens with zero attached hydrogens (tertiary/aromatic N) is 1. The number of hydrogen-bond donors (Lipinski definition) is 2. The van der Waals surface area contributed by atoms with Crippen molar-refractivity contribution in [1.29, 1.82) is 0 Å². The van der Waals surface area contributed by atoms with Gasteiger partial charge in [0.1, 0.15) is 0 Å². The number of nitrogens with two attached hydrogens (primary N) is 2. The molecule has 1 atom stereocenters. The van der Waals surface area contributed by atoms with Crippen molar-refractivity contribution in [3.8, 4) is 0 Å². The molecule has 0 saturated carbocycles. The van der Waals surface area contributed by atoms with Crippen molar-refractivity contribution in [2.24, 2.45) is 16.5 Å². The van der Waals surface area contributed by atoms with E-state index >= 15 is 0 Å². The highest BCUT2D eigenvalue weighted by Gasteiger charge is 2.40. The molecule has 0 aliphatic heterocycles. The standard InChI is InChI=1S/C11H29N3OSi2/c1-8-10(14-11(12)13)17(6,7)15-16(4,5)9(2)3/h9-10H,8H2,1-7H3,(H4,12,13,14). The predicted molar refractivity (Wildman–Crippen MR) is 81.0 cm³/mol. The van der Waals surface area contributed by atoms with E-state index in [0.717, 1.165) is 6.42 Å². The molecule has 0 bridgehead atoms. The summed E-state index contributed by atoms with van der Waals surface area (Å²) < 4.78 is 6.50. The number of hydrogen-bond acceptors (Lipinski definition) is 2. The highest BCUT2D eigenvalue weighted by molar-refractivity contribution is 6.86. The number of guanidine groups is 1. The largest absolute Gasteiger partial charge is 0.454 e. The SMILES string of the molecule is CCC(N=C(N)N)[Si](C)(C)O[Si](C)(C)C(C)C. The van der Waals surface area contributed by atoms with Crippen LogP contribution in [-0.2, 0) is 4.12 Å². The minimum atomic E-state index is -1.88. The van der Waals surface area contributed by atoms with E-state index in [4.69, 9.17) is 15.6 Å². The van der Waals surface area contributed by atoms with Crippen LogP contribution in [-0.4, -0.2) is 28.3 Å². The minimum absolute atomic E-state index is 0.151. The summed E-state index contributed by atoms with van der Waals surface area (Å²) in [5.41, 5.74) is 11.7. The molecule has 1 unspecified atom stereocenters. The minimum Gasteiger partial charge on any atom is -0.454 e. The monoisotopic (exact) mass is 275 g/mol. The molecule has 102 valence electrons. The van der Waals surface area contributed by atoms with Crippen molar-refractivity contribution >= 4 is 22.6 Å². The van der Waals surface area contributed by atoms with Crippen molar-refractivity contribution in [1.82, 2.24) is 0 Å². The molecular formula is C11H29N3OSi2. The fourth-order valence-corrected chi connectivity index (χ4v) is 10.1. The third-order valence-electron chi connectivity index (χ3n) is 3.41. The lowest BCUT2D eigenvalue weighted by Crippen LogP contribution is -2.53. The molecule has 17 heavy (non-hydrogen) atoms. The summed E-state index contributed by atoms with van der Waals surface area (Å²) in [5.74, 6) is 0.171. The highest BCUT2D eigenvalue weighted by Crippen LogP contribution is 2.28. The lowest BCUT2D eigenvalue weighted by atomic mass is 10.5. The Bertz CT molecular complexity index is 274. The molecule has 0 fully saturated rings. The molecule has 6 heteroatoms. The lowest BCUT2D eigenvalue weighted by molar-refractivity contribution is 0.502. The summed E-state index contributed by atoms with van der Waals surface area (Å²) in [5, 5.41) is 0. The summed E-state index contributed by atoms with van der Waals surface area (Å²) in [6.45, 7) is 15.5.